The number of ether oxygens (including phenoxy) is 1. The number of sulfonamides is 1. The quantitative estimate of drug-likeness (QED) is 0.516. The Morgan fingerprint density at radius 3 is 2.59 bits per heavy atom. The summed E-state index contributed by atoms with van der Waals surface area (Å²) in [6.45, 7) is 1.25. The van der Waals surface area contributed by atoms with Crippen molar-refractivity contribution in [3.8, 4) is 5.69 Å². The van der Waals surface area contributed by atoms with Gasteiger partial charge in [-0.2, -0.15) is 5.10 Å². The second-order valence-electron chi connectivity index (χ2n) is 8.67. The Kier molecular flexibility index (Phi) is 6.49. The molecule has 2 heterocycles. The zero-order valence-corrected chi connectivity index (χ0v) is 19.7. The highest BCUT2D eigenvalue weighted by Crippen LogP contribution is 2.27. The van der Waals surface area contributed by atoms with Gasteiger partial charge in [0.1, 0.15) is 0 Å². The van der Waals surface area contributed by atoms with Gasteiger partial charge >= 0.3 is 0 Å². The van der Waals surface area contributed by atoms with Crippen LogP contribution < -0.4 is 10.0 Å². The Bertz CT molecular complexity index is 1260. The van der Waals surface area contributed by atoms with Crippen LogP contribution in [-0.4, -0.2) is 43.4 Å². The van der Waals surface area contributed by atoms with Crippen LogP contribution in [0.3, 0.4) is 0 Å². The van der Waals surface area contributed by atoms with Gasteiger partial charge in [0.2, 0.25) is 10.0 Å². The topological polar surface area (TPSA) is 102 Å². The molecule has 2 aromatic carbocycles. The number of para-hydroxylation sites is 1. The molecule has 0 spiro atoms. The van der Waals surface area contributed by atoms with Crippen LogP contribution in [0.2, 0.25) is 0 Å². The molecule has 1 aliphatic heterocycles. The number of aromatic nitrogens is 2. The molecule has 9 heteroatoms. The second kappa shape index (κ2) is 9.69. The minimum atomic E-state index is -3.65. The van der Waals surface area contributed by atoms with Crippen LogP contribution in [0.5, 0.6) is 0 Å². The van der Waals surface area contributed by atoms with Crippen molar-refractivity contribution >= 4 is 15.9 Å². The predicted molar refractivity (Wildman–Crippen MR) is 127 cm³/mol. The zero-order chi connectivity index (χ0) is 23.5. The standard InChI is InChI=1S/C25H28N4O4S/c30-25(18-11-13-21(14-12-18)34(31,32)27-16-20-8-5-15-33-20)26-17-23-22-9-4-10-24(22)29(28-23)19-6-2-1-3-7-19/h1-3,6-7,11-14,20,27H,4-5,8-10,15-17H2,(H,26,30). The summed E-state index contributed by atoms with van der Waals surface area (Å²) in [5.74, 6) is -0.266. The first-order valence-electron chi connectivity index (χ1n) is 11.7. The normalized spacial score (nSPS) is 17.6. The summed E-state index contributed by atoms with van der Waals surface area (Å²) in [6, 6.07) is 16.0. The van der Waals surface area contributed by atoms with E-state index in [1.54, 1.807) is 0 Å². The number of hydrogen-bond acceptors (Lipinski definition) is 5. The largest absolute Gasteiger partial charge is 0.377 e. The van der Waals surface area contributed by atoms with Crippen molar-refractivity contribution in [3.05, 3.63) is 77.1 Å². The van der Waals surface area contributed by atoms with Crippen molar-refractivity contribution in [1.82, 2.24) is 19.8 Å². The van der Waals surface area contributed by atoms with E-state index in [1.165, 1.54) is 35.5 Å². The third kappa shape index (κ3) is 4.77. The number of rotatable bonds is 8. The first kappa shape index (κ1) is 22.8. The number of hydrogen-bond donors (Lipinski definition) is 2. The van der Waals surface area contributed by atoms with Crippen LogP contribution in [-0.2, 0) is 34.1 Å². The molecule has 178 valence electrons. The third-order valence-electron chi connectivity index (χ3n) is 6.38. The average Bonchev–Trinajstić information content (AvgIpc) is 3.61. The van der Waals surface area contributed by atoms with E-state index >= 15 is 0 Å². The first-order valence-corrected chi connectivity index (χ1v) is 13.1. The highest BCUT2D eigenvalue weighted by atomic mass is 32.2. The molecule has 1 amide bonds. The van der Waals surface area contributed by atoms with Gasteiger partial charge in [0, 0.05) is 24.4 Å². The van der Waals surface area contributed by atoms with Crippen LogP contribution in [0.1, 0.15) is 46.6 Å². The molecule has 3 aromatic rings. The molecule has 5 rings (SSSR count). The van der Waals surface area contributed by atoms with Gasteiger partial charge in [-0.3, -0.25) is 4.79 Å². The van der Waals surface area contributed by atoms with Crippen LogP contribution in [0.15, 0.2) is 59.5 Å². The van der Waals surface area contributed by atoms with Crippen LogP contribution >= 0.6 is 0 Å². The maximum atomic E-state index is 12.7. The molecule has 0 radical (unpaired) electrons. The Labute approximate surface area is 199 Å². The Morgan fingerprint density at radius 2 is 1.85 bits per heavy atom. The van der Waals surface area contributed by atoms with E-state index in [2.05, 4.69) is 10.0 Å². The molecule has 1 unspecified atom stereocenters. The third-order valence-corrected chi connectivity index (χ3v) is 7.82. The summed E-state index contributed by atoms with van der Waals surface area (Å²) in [5.41, 5.74) is 4.71. The van der Waals surface area contributed by atoms with Crippen molar-refractivity contribution in [2.45, 2.75) is 49.6 Å². The van der Waals surface area contributed by atoms with Crippen molar-refractivity contribution in [2.24, 2.45) is 0 Å². The minimum absolute atomic E-state index is 0.0772. The Balaban J connectivity index is 1.23. The fourth-order valence-electron chi connectivity index (χ4n) is 4.58. The fourth-order valence-corrected chi connectivity index (χ4v) is 5.65. The molecule has 0 bridgehead atoms. The van der Waals surface area contributed by atoms with E-state index in [-0.39, 0.29) is 23.5 Å². The van der Waals surface area contributed by atoms with E-state index in [0.717, 1.165) is 43.5 Å². The van der Waals surface area contributed by atoms with E-state index in [1.807, 2.05) is 35.0 Å². The smallest absolute Gasteiger partial charge is 0.251 e. The molecule has 1 atom stereocenters. The van der Waals surface area contributed by atoms with Gasteiger partial charge < -0.3 is 10.1 Å². The lowest BCUT2D eigenvalue weighted by atomic mass is 10.2. The van der Waals surface area contributed by atoms with Gasteiger partial charge in [-0.05, 0) is 74.1 Å². The van der Waals surface area contributed by atoms with Crippen LogP contribution in [0.4, 0.5) is 0 Å². The molecular formula is C25H28N4O4S. The van der Waals surface area contributed by atoms with E-state index in [0.29, 0.717) is 18.7 Å². The molecule has 1 saturated heterocycles. The number of fused-ring (bicyclic) bond motifs is 1. The summed E-state index contributed by atoms with van der Waals surface area (Å²) in [5, 5.41) is 7.71. The predicted octanol–water partition coefficient (Wildman–Crippen LogP) is 2.75. The number of carbonyl (C=O) groups is 1. The molecule has 8 nitrogen and oxygen atoms in total. The Hall–Kier alpha value is -3.01. The average molecular weight is 481 g/mol. The van der Waals surface area contributed by atoms with E-state index < -0.39 is 10.0 Å². The lowest BCUT2D eigenvalue weighted by Crippen LogP contribution is -2.31. The van der Waals surface area contributed by atoms with Gasteiger partial charge in [-0.25, -0.2) is 17.8 Å². The maximum absolute atomic E-state index is 12.7. The van der Waals surface area contributed by atoms with Crippen molar-refractivity contribution in [2.75, 3.05) is 13.2 Å². The SMILES string of the molecule is O=C(NCc1nn(-c2ccccc2)c2c1CCC2)c1ccc(S(=O)(=O)NCC2CCCO2)cc1. The van der Waals surface area contributed by atoms with Gasteiger partial charge in [0.15, 0.2) is 0 Å². The van der Waals surface area contributed by atoms with Gasteiger partial charge in [-0.15, -0.1) is 0 Å². The number of carbonyl (C=O) groups excluding carboxylic acids is 1. The molecule has 2 N–H and O–H groups in total. The molecule has 1 aromatic heterocycles. The lowest BCUT2D eigenvalue weighted by Gasteiger charge is -2.11. The van der Waals surface area contributed by atoms with Crippen LogP contribution in [0.25, 0.3) is 5.69 Å². The number of nitrogens with one attached hydrogen (secondary N) is 2. The summed E-state index contributed by atoms with van der Waals surface area (Å²) in [4.78, 5) is 12.9. The number of nitrogens with zero attached hydrogens (tertiary/aromatic N) is 2. The molecular weight excluding hydrogens is 452 g/mol. The van der Waals surface area contributed by atoms with Crippen LogP contribution in [0, 0.1) is 0 Å². The summed E-state index contributed by atoms with van der Waals surface area (Å²) in [6.07, 6.45) is 4.74. The van der Waals surface area contributed by atoms with Gasteiger partial charge in [-0.1, -0.05) is 18.2 Å². The number of benzene rings is 2. The summed E-state index contributed by atoms with van der Waals surface area (Å²) in [7, 11) is -3.65. The highest BCUT2D eigenvalue weighted by molar-refractivity contribution is 7.89. The molecule has 1 fully saturated rings. The summed E-state index contributed by atoms with van der Waals surface area (Å²) < 4.78 is 35.1. The monoisotopic (exact) mass is 480 g/mol. The van der Waals surface area contributed by atoms with Crippen molar-refractivity contribution < 1.29 is 17.9 Å². The minimum Gasteiger partial charge on any atom is -0.377 e. The fraction of sp³-hybridized carbons (Fsp3) is 0.360. The van der Waals surface area contributed by atoms with Crippen molar-refractivity contribution in [3.63, 3.8) is 0 Å². The summed E-state index contributed by atoms with van der Waals surface area (Å²) >= 11 is 0. The molecule has 34 heavy (non-hydrogen) atoms. The lowest BCUT2D eigenvalue weighted by molar-refractivity contribution is 0.0950. The highest BCUT2D eigenvalue weighted by Gasteiger charge is 2.24. The zero-order valence-electron chi connectivity index (χ0n) is 18.9. The second-order valence-corrected chi connectivity index (χ2v) is 10.4. The van der Waals surface area contributed by atoms with E-state index in [9.17, 15) is 13.2 Å². The molecule has 0 saturated carbocycles. The number of amides is 1. The van der Waals surface area contributed by atoms with Crippen molar-refractivity contribution in [1.29, 1.82) is 0 Å². The van der Waals surface area contributed by atoms with Gasteiger partial charge in [0.25, 0.3) is 5.91 Å². The molecule has 1 aliphatic carbocycles. The molecule has 2 aliphatic rings. The first-order chi connectivity index (χ1) is 16.5. The Morgan fingerprint density at radius 1 is 1.06 bits per heavy atom. The van der Waals surface area contributed by atoms with E-state index in [4.69, 9.17) is 9.84 Å². The maximum Gasteiger partial charge on any atom is 0.251 e. The van der Waals surface area contributed by atoms with Gasteiger partial charge in [0.05, 0.1) is 28.9 Å².